The second-order valence-electron chi connectivity index (χ2n) is 9.62. The van der Waals surface area contributed by atoms with Gasteiger partial charge in [-0.05, 0) is 53.7 Å². The molecule has 1 aliphatic heterocycles. The summed E-state index contributed by atoms with van der Waals surface area (Å²) in [5, 5.41) is 15.3. The highest BCUT2D eigenvalue weighted by molar-refractivity contribution is 7.99. The first-order chi connectivity index (χ1) is 16.7. The van der Waals surface area contributed by atoms with Gasteiger partial charge in [0.2, 0.25) is 17.0 Å². The number of anilines is 2. The minimum Gasteiger partial charge on any atom is -0.368 e. The van der Waals surface area contributed by atoms with Gasteiger partial charge in [0.1, 0.15) is 0 Å². The molecule has 1 fully saturated rings. The number of benzene rings is 2. The molecule has 184 valence electrons. The van der Waals surface area contributed by atoms with Crippen molar-refractivity contribution in [1.29, 1.82) is 0 Å². The number of hydrogen-bond acceptors (Lipinski definition) is 7. The Morgan fingerprint density at radius 3 is 2.20 bits per heavy atom. The van der Waals surface area contributed by atoms with Crippen molar-refractivity contribution in [2.24, 2.45) is 5.41 Å². The van der Waals surface area contributed by atoms with Crippen LogP contribution in [0.3, 0.4) is 0 Å². The summed E-state index contributed by atoms with van der Waals surface area (Å²) in [5.41, 5.74) is 3.46. The van der Waals surface area contributed by atoms with Gasteiger partial charge in [-0.2, -0.15) is 4.68 Å². The minimum atomic E-state index is -0.354. The fraction of sp³-hybridized carbons (Fsp3) is 0.400. The van der Waals surface area contributed by atoms with E-state index in [0.717, 1.165) is 35.7 Å². The maximum atomic E-state index is 12.5. The number of tetrazole rings is 1. The summed E-state index contributed by atoms with van der Waals surface area (Å²) < 4.78 is 1.63. The average Bonchev–Trinajstić information content (AvgIpc) is 3.31. The molecule has 0 atom stereocenters. The molecule has 2 aromatic carbocycles. The quantitative estimate of drug-likeness (QED) is 0.526. The summed E-state index contributed by atoms with van der Waals surface area (Å²) in [7, 11) is 0. The minimum absolute atomic E-state index is 0.129. The summed E-state index contributed by atoms with van der Waals surface area (Å²) in [5.74, 6) is 0.258. The topological polar surface area (TPSA) is 96.2 Å². The van der Waals surface area contributed by atoms with Crippen molar-refractivity contribution in [2.75, 3.05) is 42.1 Å². The maximum Gasteiger partial charge on any atom is 0.234 e. The van der Waals surface area contributed by atoms with Gasteiger partial charge < -0.3 is 15.1 Å². The Hall–Kier alpha value is -3.40. The number of nitrogens with one attached hydrogen (secondary N) is 1. The second-order valence-corrected chi connectivity index (χ2v) is 10.6. The van der Waals surface area contributed by atoms with Gasteiger partial charge in [0.15, 0.2) is 0 Å². The summed E-state index contributed by atoms with van der Waals surface area (Å²) in [4.78, 5) is 29.2. The zero-order valence-corrected chi connectivity index (χ0v) is 21.4. The van der Waals surface area contributed by atoms with Crippen LogP contribution in [0.25, 0.3) is 5.69 Å². The lowest BCUT2D eigenvalue weighted by Gasteiger charge is -2.38. The van der Waals surface area contributed by atoms with Crippen LogP contribution in [0.4, 0.5) is 11.4 Å². The van der Waals surface area contributed by atoms with Crippen molar-refractivity contribution in [3.63, 3.8) is 0 Å². The molecule has 0 radical (unpaired) electrons. The number of aryl methyl sites for hydroxylation is 1. The van der Waals surface area contributed by atoms with Gasteiger partial charge in [0.25, 0.3) is 0 Å². The molecular formula is C25H31N7O2S. The molecule has 35 heavy (non-hydrogen) atoms. The Labute approximate surface area is 209 Å². The van der Waals surface area contributed by atoms with E-state index < -0.39 is 0 Å². The van der Waals surface area contributed by atoms with Crippen molar-refractivity contribution < 1.29 is 9.59 Å². The SMILES string of the molecule is Cc1ccc(-n2nnnc2SCC(=O)Nc2ccc(N3CCN(C(=O)C(C)(C)C)CC3)cc2)cc1. The van der Waals surface area contributed by atoms with Crippen LogP contribution in [-0.4, -0.2) is 68.9 Å². The Balaban J connectivity index is 1.28. The van der Waals surface area contributed by atoms with E-state index >= 15 is 0 Å². The van der Waals surface area contributed by atoms with Crippen LogP contribution in [0, 0.1) is 12.3 Å². The Kier molecular flexibility index (Phi) is 7.39. The smallest absolute Gasteiger partial charge is 0.234 e. The number of amides is 2. The molecule has 9 nitrogen and oxygen atoms in total. The molecule has 0 saturated carbocycles. The van der Waals surface area contributed by atoms with Gasteiger partial charge in [0.05, 0.1) is 11.4 Å². The van der Waals surface area contributed by atoms with Crippen LogP contribution >= 0.6 is 11.8 Å². The van der Waals surface area contributed by atoms with Gasteiger partial charge in [-0.15, -0.1) is 5.10 Å². The molecule has 1 N–H and O–H groups in total. The number of thioether (sulfide) groups is 1. The highest BCUT2D eigenvalue weighted by atomic mass is 32.2. The van der Waals surface area contributed by atoms with Gasteiger partial charge in [-0.3, -0.25) is 9.59 Å². The van der Waals surface area contributed by atoms with E-state index in [-0.39, 0.29) is 23.0 Å². The summed E-state index contributed by atoms with van der Waals surface area (Å²) in [6.07, 6.45) is 0. The van der Waals surface area contributed by atoms with Crippen LogP contribution in [0.5, 0.6) is 0 Å². The number of carbonyl (C=O) groups excluding carboxylic acids is 2. The van der Waals surface area contributed by atoms with Gasteiger partial charge in [-0.1, -0.05) is 50.2 Å². The van der Waals surface area contributed by atoms with Crippen LogP contribution in [0.1, 0.15) is 26.3 Å². The van der Waals surface area contributed by atoms with Crippen molar-refractivity contribution in [3.05, 3.63) is 54.1 Å². The molecule has 2 amide bonds. The van der Waals surface area contributed by atoms with Crippen LogP contribution < -0.4 is 10.2 Å². The number of nitrogens with zero attached hydrogens (tertiary/aromatic N) is 6. The van der Waals surface area contributed by atoms with E-state index in [4.69, 9.17) is 0 Å². The third-order valence-corrected chi connectivity index (χ3v) is 6.70. The zero-order valence-electron chi connectivity index (χ0n) is 20.6. The lowest BCUT2D eigenvalue weighted by atomic mass is 9.94. The molecule has 0 spiro atoms. The first-order valence-corrected chi connectivity index (χ1v) is 12.6. The van der Waals surface area contributed by atoms with Crippen molar-refractivity contribution in [2.45, 2.75) is 32.9 Å². The zero-order chi connectivity index (χ0) is 25.0. The van der Waals surface area contributed by atoms with E-state index in [0.29, 0.717) is 18.2 Å². The monoisotopic (exact) mass is 493 g/mol. The van der Waals surface area contributed by atoms with Gasteiger partial charge >= 0.3 is 0 Å². The first-order valence-electron chi connectivity index (χ1n) is 11.6. The summed E-state index contributed by atoms with van der Waals surface area (Å²) in [6, 6.07) is 15.7. The third-order valence-electron chi connectivity index (χ3n) is 5.78. The lowest BCUT2D eigenvalue weighted by molar-refractivity contribution is -0.139. The van der Waals surface area contributed by atoms with Crippen LogP contribution in [-0.2, 0) is 9.59 Å². The van der Waals surface area contributed by atoms with Gasteiger partial charge in [-0.25, -0.2) is 0 Å². The molecule has 1 saturated heterocycles. The van der Waals surface area contributed by atoms with Crippen molar-refractivity contribution >= 4 is 35.0 Å². The van der Waals surface area contributed by atoms with Crippen molar-refractivity contribution in [3.8, 4) is 5.69 Å². The molecule has 1 aromatic heterocycles. The Morgan fingerprint density at radius 2 is 1.57 bits per heavy atom. The van der Waals surface area contributed by atoms with E-state index in [9.17, 15) is 9.59 Å². The fourth-order valence-corrected chi connectivity index (χ4v) is 4.53. The Morgan fingerprint density at radius 1 is 0.943 bits per heavy atom. The highest BCUT2D eigenvalue weighted by Gasteiger charge is 2.29. The molecule has 0 bridgehead atoms. The molecule has 4 rings (SSSR count). The molecule has 10 heteroatoms. The third kappa shape index (κ3) is 6.19. The molecule has 3 aromatic rings. The van der Waals surface area contributed by atoms with Crippen LogP contribution in [0.15, 0.2) is 53.7 Å². The predicted molar refractivity (Wildman–Crippen MR) is 138 cm³/mol. The number of hydrogen-bond donors (Lipinski definition) is 1. The standard InChI is InChI=1S/C25H31N7O2S/c1-18-5-9-21(10-6-18)32-24(27-28-29-32)35-17-22(33)26-19-7-11-20(12-8-19)30-13-15-31(16-14-30)23(34)25(2,3)4/h5-12H,13-17H2,1-4H3,(H,26,33). The summed E-state index contributed by atoms with van der Waals surface area (Å²) >= 11 is 1.28. The summed E-state index contributed by atoms with van der Waals surface area (Å²) in [6.45, 7) is 10.9. The normalized spacial score (nSPS) is 14.2. The van der Waals surface area contributed by atoms with E-state index in [2.05, 4.69) is 25.7 Å². The highest BCUT2D eigenvalue weighted by Crippen LogP contribution is 2.23. The number of rotatable bonds is 6. The van der Waals surface area contributed by atoms with Gasteiger partial charge in [0, 0.05) is 43.0 Å². The maximum absolute atomic E-state index is 12.5. The first kappa shape index (κ1) is 24.7. The molecule has 0 aliphatic carbocycles. The predicted octanol–water partition coefficient (Wildman–Crippen LogP) is 3.40. The van der Waals surface area contributed by atoms with E-state index in [1.807, 2.05) is 81.1 Å². The molecule has 0 unspecified atom stereocenters. The fourth-order valence-electron chi connectivity index (χ4n) is 3.84. The largest absolute Gasteiger partial charge is 0.368 e. The van der Waals surface area contributed by atoms with E-state index in [1.54, 1.807) is 4.68 Å². The van der Waals surface area contributed by atoms with Crippen molar-refractivity contribution in [1.82, 2.24) is 25.1 Å². The molecular weight excluding hydrogens is 462 g/mol. The number of piperazine rings is 1. The number of aromatic nitrogens is 4. The molecule has 2 heterocycles. The van der Waals surface area contributed by atoms with Crippen LogP contribution in [0.2, 0.25) is 0 Å². The lowest BCUT2D eigenvalue weighted by Crippen LogP contribution is -2.51. The van der Waals surface area contributed by atoms with E-state index in [1.165, 1.54) is 11.8 Å². The molecule has 1 aliphatic rings. The second kappa shape index (κ2) is 10.5. The Bertz CT molecular complexity index is 1160. The number of carbonyl (C=O) groups is 2. The average molecular weight is 494 g/mol.